The number of thiophene rings is 1. The molecule has 0 radical (unpaired) electrons. The first-order chi connectivity index (χ1) is 16.0. The summed E-state index contributed by atoms with van der Waals surface area (Å²) in [6.45, 7) is 6.06. The van der Waals surface area contributed by atoms with Crippen molar-refractivity contribution in [3.63, 3.8) is 0 Å². The van der Waals surface area contributed by atoms with Gasteiger partial charge in [-0.3, -0.25) is 24.1 Å². The third-order valence-electron chi connectivity index (χ3n) is 4.59. The molecular weight excluding hydrogens is 484 g/mol. The number of rotatable bonds is 8. The third-order valence-corrected chi connectivity index (χ3v) is 6.79. The van der Waals surface area contributed by atoms with Gasteiger partial charge in [-0.15, -0.1) is 11.3 Å². The molecule has 0 spiro atoms. The number of fused-ring (bicyclic) bond motifs is 1. The summed E-state index contributed by atoms with van der Waals surface area (Å²) in [5.74, 6) is -2.26. The summed E-state index contributed by atoms with van der Waals surface area (Å²) in [5.41, 5.74) is -0.846. The summed E-state index contributed by atoms with van der Waals surface area (Å²) in [5, 5.41) is 3.87. The second-order valence-electron chi connectivity index (χ2n) is 8.34. The molecule has 0 saturated carbocycles. The van der Waals surface area contributed by atoms with Crippen LogP contribution >= 0.6 is 23.1 Å². The van der Waals surface area contributed by atoms with Crippen LogP contribution in [0.5, 0.6) is 0 Å². The Kier molecular flexibility index (Phi) is 7.82. The second-order valence-corrected chi connectivity index (χ2v) is 10.5. The fourth-order valence-corrected chi connectivity index (χ4v) is 5.27. The number of nitrogens with zero attached hydrogens (tertiary/aromatic N) is 1. The van der Waals surface area contributed by atoms with Crippen molar-refractivity contribution < 1.29 is 38.2 Å². The van der Waals surface area contributed by atoms with E-state index >= 15 is 0 Å². The first-order valence-electron chi connectivity index (χ1n) is 10.2. The van der Waals surface area contributed by atoms with Crippen LogP contribution in [-0.2, 0) is 44.6 Å². The summed E-state index contributed by atoms with van der Waals surface area (Å²) in [6.07, 6.45) is 1.22. The number of β-lactam (4-membered cyclic amide) rings is 1. The van der Waals surface area contributed by atoms with Crippen LogP contribution in [-0.4, -0.2) is 58.7 Å². The van der Waals surface area contributed by atoms with Gasteiger partial charge in [0, 0.05) is 17.4 Å². The maximum atomic E-state index is 13.1. The quantitative estimate of drug-likeness (QED) is 0.184. The van der Waals surface area contributed by atoms with Gasteiger partial charge in [0.1, 0.15) is 35.6 Å². The third kappa shape index (κ3) is 5.86. The molecule has 2 aliphatic rings. The number of carbonyl (C=O) groups is 5. The average Bonchev–Trinajstić information content (AvgIpc) is 3.25. The first-order valence-corrected chi connectivity index (χ1v) is 12.0. The van der Waals surface area contributed by atoms with Crippen molar-refractivity contribution in [2.45, 2.75) is 51.1 Å². The molecule has 1 fully saturated rings. The molecule has 0 aliphatic carbocycles. The van der Waals surface area contributed by atoms with Gasteiger partial charge in [0.25, 0.3) is 12.4 Å². The van der Waals surface area contributed by atoms with Crippen LogP contribution in [0.25, 0.3) is 0 Å². The molecule has 2 atom stereocenters. The fourth-order valence-electron chi connectivity index (χ4n) is 3.26. The van der Waals surface area contributed by atoms with E-state index in [1.165, 1.54) is 23.2 Å². The molecule has 1 N–H and O–H groups in total. The lowest BCUT2D eigenvalue weighted by Gasteiger charge is -2.50. The molecule has 10 nitrogen and oxygen atoms in total. The Labute approximate surface area is 204 Å². The number of amides is 2. The van der Waals surface area contributed by atoms with Crippen LogP contribution < -0.4 is 5.32 Å². The lowest BCUT2D eigenvalue weighted by atomic mass is 10.0. The van der Waals surface area contributed by atoms with Crippen LogP contribution in [0.1, 0.15) is 32.6 Å². The van der Waals surface area contributed by atoms with Gasteiger partial charge in [0.2, 0.25) is 5.91 Å². The Morgan fingerprint density at radius 1 is 1.26 bits per heavy atom. The Morgan fingerprint density at radius 3 is 2.59 bits per heavy atom. The number of hydrogen-bond acceptors (Lipinski definition) is 10. The normalized spacial score (nSPS) is 20.9. The molecule has 3 heterocycles. The summed E-state index contributed by atoms with van der Waals surface area (Å²) in [7, 11) is 0. The van der Waals surface area contributed by atoms with Gasteiger partial charge in [-0.2, -0.15) is 0 Å². The zero-order chi connectivity index (χ0) is 25.0. The molecule has 34 heavy (non-hydrogen) atoms. The second kappa shape index (κ2) is 10.4. The van der Waals surface area contributed by atoms with E-state index in [1.807, 2.05) is 17.5 Å². The van der Waals surface area contributed by atoms with Gasteiger partial charge in [-0.05, 0) is 32.2 Å². The van der Waals surface area contributed by atoms with Crippen molar-refractivity contribution in [2.75, 3.05) is 6.61 Å². The number of ether oxygens (including phenoxy) is 3. The Morgan fingerprint density at radius 2 is 2.00 bits per heavy atom. The molecule has 0 bridgehead atoms. The zero-order valence-electron chi connectivity index (χ0n) is 19.0. The predicted octanol–water partition coefficient (Wildman–Crippen LogP) is 1.86. The molecule has 2 aliphatic heterocycles. The summed E-state index contributed by atoms with van der Waals surface area (Å²) in [6, 6.07) is 2.73. The SMILES string of the molecule is CC(=O)OCC1=C(C(=O)OC(C)(C)C)N2C(=O)C(NC(=O)Cc3cccs3)[C@@H]2SC1=COC=O. The lowest BCUT2D eigenvalue weighted by Crippen LogP contribution is -2.70. The molecule has 3 rings (SSSR count). The van der Waals surface area contributed by atoms with Gasteiger partial charge in [-0.25, -0.2) is 4.79 Å². The van der Waals surface area contributed by atoms with E-state index in [9.17, 15) is 24.0 Å². The smallest absolute Gasteiger partial charge is 0.356 e. The van der Waals surface area contributed by atoms with Gasteiger partial charge in [0.15, 0.2) is 0 Å². The highest BCUT2D eigenvalue weighted by Gasteiger charge is 2.56. The van der Waals surface area contributed by atoms with E-state index in [2.05, 4.69) is 5.32 Å². The standard InChI is InChI=1S/C22H24N2O8S2/c1-12(26)31-9-14-15(10-30-11-25)34-20-17(23-16(27)8-13-6-5-7-33-13)19(28)24(20)18(14)21(29)32-22(2,3)4/h5-7,10-11,17,20H,8-9H2,1-4H3,(H,23,27)/t17?,20-/m0/s1. The number of esters is 2. The molecule has 1 aromatic rings. The van der Waals surface area contributed by atoms with Gasteiger partial charge in [-0.1, -0.05) is 17.8 Å². The van der Waals surface area contributed by atoms with E-state index in [0.29, 0.717) is 4.91 Å². The lowest BCUT2D eigenvalue weighted by molar-refractivity contribution is -0.159. The highest BCUT2D eigenvalue weighted by molar-refractivity contribution is 8.04. The minimum atomic E-state index is -0.912. The monoisotopic (exact) mass is 508 g/mol. The molecule has 1 unspecified atom stereocenters. The maximum Gasteiger partial charge on any atom is 0.356 e. The Hall–Kier alpha value is -3.12. The minimum Gasteiger partial charge on any atom is -0.461 e. The number of carbonyl (C=O) groups excluding carboxylic acids is 5. The summed E-state index contributed by atoms with van der Waals surface area (Å²) in [4.78, 5) is 63.3. The van der Waals surface area contributed by atoms with Crippen molar-refractivity contribution in [1.82, 2.24) is 10.2 Å². The fraction of sp³-hybridized carbons (Fsp3) is 0.409. The van der Waals surface area contributed by atoms with Gasteiger partial charge >= 0.3 is 11.9 Å². The summed E-state index contributed by atoms with van der Waals surface area (Å²) >= 11 is 2.52. The Balaban J connectivity index is 1.94. The van der Waals surface area contributed by atoms with Gasteiger partial charge < -0.3 is 19.5 Å². The van der Waals surface area contributed by atoms with Gasteiger partial charge in [0.05, 0.1) is 11.3 Å². The van der Waals surface area contributed by atoms with Crippen molar-refractivity contribution in [1.29, 1.82) is 0 Å². The Bertz CT molecular complexity index is 1060. The van der Waals surface area contributed by atoms with Crippen LogP contribution in [0.15, 0.2) is 40.0 Å². The molecule has 12 heteroatoms. The minimum absolute atomic E-state index is 0.113. The highest BCUT2D eigenvalue weighted by atomic mass is 32.2. The van der Waals surface area contributed by atoms with Crippen molar-refractivity contribution >= 4 is 53.3 Å². The highest BCUT2D eigenvalue weighted by Crippen LogP contribution is 2.47. The topological polar surface area (TPSA) is 128 Å². The van der Waals surface area contributed by atoms with Crippen molar-refractivity contribution in [3.05, 3.63) is 44.8 Å². The maximum absolute atomic E-state index is 13.1. The molecule has 2 amide bonds. The van der Waals surface area contributed by atoms with Crippen LogP contribution in [0.4, 0.5) is 0 Å². The molecule has 1 saturated heterocycles. The van der Waals surface area contributed by atoms with E-state index < -0.39 is 34.9 Å². The average molecular weight is 509 g/mol. The predicted molar refractivity (Wildman–Crippen MR) is 123 cm³/mol. The molecule has 0 aromatic carbocycles. The molecular formula is C22H24N2O8S2. The number of thioether (sulfide) groups is 1. The largest absolute Gasteiger partial charge is 0.461 e. The molecule has 182 valence electrons. The van der Waals surface area contributed by atoms with Crippen LogP contribution in [0.2, 0.25) is 0 Å². The first kappa shape index (κ1) is 25.5. The number of nitrogens with one attached hydrogen (secondary N) is 1. The van der Waals surface area contributed by atoms with E-state index in [0.717, 1.165) is 22.9 Å². The number of hydrogen-bond donors (Lipinski definition) is 1. The van der Waals surface area contributed by atoms with Crippen LogP contribution in [0, 0.1) is 0 Å². The van der Waals surface area contributed by atoms with Crippen molar-refractivity contribution in [3.8, 4) is 0 Å². The van der Waals surface area contributed by atoms with Crippen molar-refractivity contribution in [2.24, 2.45) is 0 Å². The summed E-state index contributed by atoms with van der Waals surface area (Å²) < 4.78 is 15.4. The van der Waals surface area contributed by atoms with E-state index in [1.54, 1.807) is 20.8 Å². The zero-order valence-corrected chi connectivity index (χ0v) is 20.6. The molecule has 1 aromatic heterocycles. The van der Waals surface area contributed by atoms with E-state index in [4.69, 9.17) is 14.2 Å². The van der Waals surface area contributed by atoms with E-state index in [-0.39, 0.29) is 36.7 Å². The van der Waals surface area contributed by atoms with Crippen LogP contribution in [0.3, 0.4) is 0 Å².